The maximum absolute atomic E-state index is 4.65. The Kier molecular flexibility index (Phi) is 3.87. The summed E-state index contributed by atoms with van der Waals surface area (Å²) >= 11 is 0. The average molecular weight is 244 g/mol. The summed E-state index contributed by atoms with van der Waals surface area (Å²) in [4.78, 5) is 13.2. The summed E-state index contributed by atoms with van der Waals surface area (Å²) in [6.45, 7) is 6.63. The summed E-state index contributed by atoms with van der Waals surface area (Å²) in [5.74, 6) is 0.899. The lowest BCUT2D eigenvalue weighted by molar-refractivity contribution is 0.389. The van der Waals surface area contributed by atoms with Gasteiger partial charge in [-0.2, -0.15) is 0 Å². The van der Waals surface area contributed by atoms with Crippen molar-refractivity contribution in [3.8, 4) is 0 Å². The monoisotopic (exact) mass is 244 g/mol. The number of fused-ring (bicyclic) bond motifs is 1. The zero-order chi connectivity index (χ0) is 13.1. The average Bonchev–Trinajstić information content (AvgIpc) is 2.38. The van der Waals surface area contributed by atoms with Crippen molar-refractivity contribution in [2.75, 3.05) is 7.05 Å². The first kappa shape index (κ1) is 12.9. The molecule has 0 aromatic carbocycles. The minimum Gasteiger partial charge on any atom is -0.317 e. The minimum atomic E-state index is 0.376. The molecule has 0 saturated heterocycles. The van der Waals surface area contributed by atoms with Crippen LogP contribution in [-0.2, 0) is 0 Å². The summed E-state index contributed by atoms with van der Waals surface area (Å²) in [6, 6.07) is 4.45. The first-order chi connectivity index (χ1) is 8.63. The van der Waals surface area contributed by atoms with Crippen LogP contribution >= 0.6 is 0 Å². The molecule has 2 unspecified atom stereocenters. The number of rotatable bonds is 4. The maximum atomic E-state index is 4.65. The Balaban J connectivity index is 2.44. The van der Waals surface area contributed by atoms with E-state index in [1.54, 1.807) is 12.4 Å². The van der Waals surface area contributed by atoms with E-state index in [-0.39, 0.29) is 0 Å². The number of nitrogens with zero attached hydrogens (tertiary/aromatic N) is 3. The Morgan fingerprint density at radius 3 is 2.44 bits per heavy atom. The lowest BCUT2D eigenvalue weighted by atomic mass is 9.86. The SMILES string of the molecule is CNC(C)C(c1ccc2nccnc2n1)C(C)C. The number of pyridine rings is 1. The van der Waals surface area contributed by atoms with Gasteiger partial charge in [0.2, 0.25) is 0 Å². The first-order valence-electron chi connectivity index (χ1n) is 6.38. The fourth-order valence-electron chi connectivity index (χ4n) is 2.41. The van der Waals surface area contributed by atoms with E-state index in [1.165, 1.54) is 0 Å². The van der Waals surface area contributed by atoms with Crippen LogP contribution in [0.2, 0.25) is 0 Å². The van der Waals surface area contributed by atoms with Crippen molar-refractivity contribution in [2.45, 2.75) is 32.7 Å². The summed E-state index contributed by atoms with van der Waals surface area (Å²) in [6.07, 6.45) is 3.38. The van der Waals surface area contributed by atoms with Crippen LogP contribution in [-0.4, -0.2) is 28.0 Å². The number of likely N-dealkylation sites (N-methyl/N-ethyl adjacent to an activating group) is 1. The standard InChI is InChI=1S/C14H20N4/c1-9(2)13(10(3)15-4)11-5-6-12-14(18-11)17-8-7-16-12/h5-10,13,15H,1-4H3. The molecule has 0 aliphatic rings. The molecule has 1 N–H and O–H groups in total. The molecule has 0 spiro atoms. The zero-order valence-electron chi connectivity index (χ0n) is 11.4. The molecule has 4 heteroatoms. The van der Waals surface area contributed by atoms with Crippen LogP contribution in [0.15, 0.2) is 24.5 Å². The minimum absolute atomic E-state index is 0.376. The van der Waals surface area contributed by atoms with Crippen molar-refractivity contribution in [3.05, 3.63) is 30.2 Å². The van der Waals surface area contributed by atoms with Gasteiger partial charge in [0.1, 0.15) is 5.52 Å². The van der Waals surface area contributed by atoms with E-state index in [0.29, 0.717) is 17.9 Å². The normalized spacial score (nSPS) is 14.9. The number of hydrogen-bond donors (Lipinski definition) is 1. The maximum Gasteiger partial charge on any atom is 0.178 e. The molecule has 2 rings (SSSR count). The number of aromatic nitrogens is 3. The van der Waals surface area contributed by atoms with E-state index in [1.807, 2.05) is 13.1 Å². The van der Waals surface area contributed by atoms with Crippen LogP contribution in [0, 0.1) is 5.92 Å². The highest BCUT2D eigenvalue weighted by Crippen LogP contribution is 2.27. The highest BCUT2D eigenvalue weighted by atomic mass is 14.9. The third-order valence-electron chi connectivity index (χ3n) is 3.41. The Hall–Kier alpha value is -1.55. The highest BCUT2D eigenvalue weighted by molar-refractivity contribution is 5.69. The van der Waals surface area contributed by atoms with Crippen molar-refractivity contribution in [1.29, 1.82) is 0 Å². The molecule has 0 aliphatic carbocycles. The predicted octanol–water partition coefficient (Wildman–Crippen LogP) is 2.37. The van der Waals surface area contributed by atoms with Crippen LogP contribution in [0.1, 0.15) is 32.4 Å². The van der Waals surface area contributed by atoms with Gasteiger partial charge in [0, 0.05) is 30.0 Å². The Labute approximate surface area is 108 Å². The van der Waals surface area contributed by atoms with Crippen LogP contribution in [0.5, 0.6) is 0 Å². The fraction of sp³-hybridized carbons (Fsp3) is 0.500. The Morgan fingerprint density at radius 2 is 1.78 bits per heavy atom. The molecule has 0 bridgehead atoms. The van der Waals surface area contributed by atoms with Gasteiger partial charge in [0.05, 0.1) is 0 Å². The number of hydrogen-bond acceptors (Lipinski definition) is 4. The van der Waals surface area contributed by atoms with Gasteiger partial charge in [-0.3, -0.25) is 4.98 Å². The third kappa shape index (κ3) is 2.48. The zero-order valence-corrected chi connectivity index (χ0v) is 11.4. The van der Waals surface area contributed by atoms with Gasteiger partial charge in [-0.05, 0) is 32.0 Å². The smallest absolute Gasteiger partial charge is 0.178 e. The van der Waals surface area contributed by atoms with Crippen molar-refractivity contribution in [3.63, 3.8) is 0 Å². The molecule has 0 fully saturated rings. The molecule has 0 saturated carbocycles. The molecule has 0 aliphatic heterocycles. The molecule has 0 radical (unpaired) electrons. The van der Waals surface area contributed by atoms with E-state index in [2.05, 4.69) is 47.1 Å². The fourth-order valence-corrected chi connectivity index (χ4v) is 2.41. The van der Waals surface area contributed by atoms with E-state index >= 15 is 0 Å². The lowest BCUT2D eigenvalue weighted by Gasteiger charge is -2.26. The van der Waals surface area contributed by atoms with Crippen molar-refractivity contribution >= 4 is 11.2 Å². The van der Waals surface area contributed by atoms with Gasteiger partial charge < -0.3 is 5.32 Å². The summed E-state index contributed by atoms with van der Waals surface area (Å²) in [5, 5.41) is 3.32. The molecule has 0 amide bonds. The highest BCUT2D eigenvalue weighted by Gasteiger charge is 2.23. The van der Waals surface area contributed by atoms with Crippen molar-refractivity contribution in [1.82, 2.24) is 20.3 Å². The van der Waals surface area contributed by atoms with Gasteiger partial charge in [-0.15, -0.1) is 0 Å². The molecule has 2 atom stereocenters. The molecular formula is C14H20N4. The molecule has 4 nitrogen and oxygen atoms in total. The van der Waals surface area contributed by atoms with E-state index in [9.17, 15) is 0 Å². The Bertz CT molecular complexity index is 524. The molecule has 18 heavy (non-hydrogen) atoms. The third-order valence-corrected chi connectivity index (χ3v) is 3.41. The van der Waals surface area contributed by atoms with E-state index in [4.69, 9.17) is 0 Å². The van der Waals surface area contributed by atoms with Crippen LogP contribution < -0.4 is 5.32 Å². The number of nitrogens with one attached hydrogen (secondary N) is 1. The van der Waals surface area contributed by atoms with Crippen LogP contribution in [0.25, 0.3) is 11.2 Å². The summed E-state index contributed by atoms with van der Waals surface area (Å²) in [7, 11) is 1.99. The summed E-state index contributed by atoms with van der Waals surface area (Å²) in [5.41, 5.74) is 2.66. The Morgan fingerprint density at radius 1 is 1.06 bits per heavy atom. The lowest BCUT2D eigenvalue weighted by Crippen LogP contribution is -2.32. The van der Waals surface area contributed by atoms with Gasteiger partial charge >= 0.3 is 0 Å². The molecular weight excluding hydrogens is 224 g/mol. The molecule has 2 heterocycles. The first-order valence-corrected chi connectivity index (χ1v) is 6.38. The van der Waals surface area contributed by atoms with Gasteiger partial charge in [0.25, 0.3) is 0 Å². The second-order valence-corrected chi connectivity index (χ2v) is 4.98. The second-order valence-electron chi connectivity index (χ2n) is 4.98. The van der Waals surface area contributed by atoms with E-state index < -0.39 is 0 Å². The van der Waals surface area contributed by atoms with Crippen LogP contribution in [0.4, 0.5) is 0 Å². The van der Waals surface area contributed by atoms with E-state index in [0.717, 1.165) is 16.9 Å². The predicted molar refractivity (Wildman–Crippen MR) is 73.4 cm³/mol. The molecule has 2 aromatic rings. The second kappa shape index (κ2) is 5.40. The van der Waals surface area contributed by atoms with Crippen molar-refractivity contribution < 1.29 is 0 Å². The van der Waals surface area contributed by atoms with Gasteiger partial charge in [-0.25, -0.2) is 9.97 Å². The van der Waals surface area contributed by atoms with Crippen LogP contribution in [0.3, 0.4) is 0 Å². The molecule has 2 aromatic heterocycles. The van der Waals surface area contributed by atoms with Gasteiger partial charge in [0.15, 0.2) is 5.65 Å². The summed E-state index contributed by atoms with van der Waals surface area (Å²) < 4.78 is 0. The van der Waals surface area contributed by atoms with Crippen molar-refractivity contribution in [2.24, 2.45) is 5.92 Å². The topological polar surface area (TPSA) is 50.7 Å². The quantitative estimate of drug-likeness (QED) is 0.897. The molecule has 96 valence electrons. The van der Waals surface area contributed by atoms with Gasteiger partial charge in [-0.1, -0.05) is 13.8 Å². The largest absolute Gasteiger partial charge is 0.317 e.